The maximum absolute atomic E-state index is 12.3. The molecule has 3 aromatic heterocycles. The van der Waals surface area contributed by atoms with Gasteiger partial charge in [-0.15, -0.1) is 5.10 Å². The first-order chi connectivity index (χ1) is 11.1. The average molecular weight is 306 g/mol. The molecule has 7 nitrogen and oxygen atoms in total. The van der Waals surface area contributed by atoms with Gasteiger partial charge in [-0.05, 0) is 24.6 Å². The predicted octanol–water partition coefficient (Wildman–Crippen LogP) is 1.82. The highest BCUT2D eigenvalue weighted by molar-refractivity contribution is 5.75. The van der Waals surface area contributed by atoms with Crippen molar-refractivity contribution in [3.05, 3.63) is 58.6 Å². The van der Waals surface area contributed by atoms with Crippen LogP contribution in [0.1, 0.15) is 5.56 Å². The monoisotopic (exact) mass is 306 g/mol. The number of aromatic nitrogens is 6. The van der Waals surface area contributed by atoms with Crippen LogP contribution in [0.25, 0.3) is 28.2 Å². The van der Waals surface area contributed by atoms with Crippen molar-refractivity contribution in [2.75, 3.05) is 0 Å². The van der Waals surface area contributed by atoms with Gasteiger partial charge in [0.05, 0.1) is 5.69 Å². The topological polar surface area (TPSA) is 81.4 Å². The second-order valence-corrected chi connectivity index (χ2v) is 5.39. The van der Waals surface area contributed by atoms with Gasteiger partial charge in [0, 0.05) is 19.4 Å². The van der Waals surface area contributed by atoms with Crippen LogP contribution in [0.5, 0.6) is 0 Å². The molecule has 0 atom stereocenters. The highest BCUT2D eigenvalue weighted by Crippen LogP contribution is 2.17. The van der Waals surface area contributed by atoms with Gasteiger partial charge in [0.25, 0.3) is 5.56 Å². The minimum absolute atomic E-state index is 0.226. The predicted molar refractivity (Wildman–Crippen MR) is 86.4 cm³/mol. The minimum Gasteiger partial charge on any atom is -0.304 e. The molecule has 3 heterocycles. The fourth-order valence-electron chi connectivity index (χ4n) is 2.52. The first kappa shape index (κ1) is 13.4. The number of H-pyrrole nitrogens is 1. The molecule has 7 heteroatoms. The normalized spacial score (nSPS) is 11.2. The summed E-state index contributed by atoms with van der Waals surface area (Å²) in [6.45, 7) is 2.00. The molecule has 0 spiro atoms. The van der Waals surface area contributed by atoms with E-state index >= 15 is 0 Å². The third kappa shape index (κ3) is 2.22. The number of nitrogens with zero attached hydrogens (tertiary/aromatic N) is 5. The smallest absolute Gasteiger partial charge is 0.262 e. The lowest BCUT2D eigenvalue weighted by atomic mass is 10.2. The number of para-hydroxylation sites is 1. The fraction of sp³-hybridized carbons (Fsp3) is 0.125. The molecule has 0 aliphatic heterocycles. The summed E-state index contributed by atoms with van der Waals surface area (Å²) in [7, 11) is 1.81. The van der Waals surface area contributed by atoms with Crippen molar-refractivity contribution in [3.63, 3.8) is 0 Å². The third-order valence-electron chi connectivity index (χ3n) is 3.71. The van der Waals surface area contributed by atoms with E-state index in [1.807, 2.05) is 38.2 Å². The van der Waals surface area contributed by atoms with E-state index in [1.165, 1.54) is 0 Å². The first-order valence-electron chi connectivity index (χ1n) is 7.17. The van der Waals surface area contributed by atoms with Crippen molar-refractivity contribution < 1.29 is 0 Å². The second-order valence-electron chi connectivity index (χ2n) is 5.39. The number of benzene rings is 1. The van der Waals surface area contributed by atoms with Crippen LogP contribution < -0.4 is 5.56 Å². The number of nitrogens with one attached hydrogen (secondary N) is 1. The number of hydrogen-bond donors (Lipinski definition) is 1. The Hall–Kier alpha value is -3.22. The van der Waals surface area contributed by atoms with Crippen LogP contribution in [0, 0.1) is 6.92 Å². The van der Waals surface area contributed by atoms with Crippen LogP contribution in [-0.2, 0) is 7.05 Å². The SMILES string of the molecule is Cc1ccccc1-n1cc2c(=O)[nH]c(-c3ccn(C)n3)nc2n1. The summed E-state index contributed by atoms with van der Waals surface area (Å²) >= 11 is 0. The fourth-order valence-corrected chi connectivity index (χ4v) is 2.52. The molecule has 114 valence electrons. The van der Waals surface area contributed by atoms with Crippen molar-refractivity contribution in [2.45, 2.75) is 6.92 Å². The Morgan fingerprint density at radius 1 is 1.13 bits per heavy atom. The molecular weight excluding hydrogens is 292 g/mol. The van der Waals surface area contributed by atoms with Crippen molar-refractivity contribution in [1.82, 2.24) is 29.5 Å². The molecule has 0 unspecified atom stereocenters. The van der Waals surface area contributed by atoms with E-state index in [9.17, 15) is 4.79 Å². The molecular formula is C16H14N6O. The van der Waals surface area contributed by atoms with E-state index in [0.29, 0.717) is 22.6 Å². The Labute approximate surface area is 131 Å². The molecule has 0 aliphatic carbocycles. The van der Waals surface area contributed by atoms with Crippen molar-refractivity contribution >= 4 is 11.0 Å². The molecule has 0 aliphatic rings. The van der Waals surface area contributed by atoms with E-state index in [2.05, 4.69) is 20.2 Å². The van der Waals surface area contributed by atoms with Gasteiger partial charge >= 0.3 is 0 Å². The zero-order valence-corrected chi connectivity index (χ0v) is 12.7. The van der Waals surface area contributed by atoms with Crippen LogP contribution in [0.2, 0.25) is 0 Å². The van der Waals surface area contributed by atoms with Crippen LogP contribution in [0.4, 0.5) is 0 Å². The van der Waals surface area contributed by atoms with Gasteiger partial charge in [-0.3, -0.25) is 9.48 Å². The van der Waals surface area contributed by atoms with Gasteiger partial charge < -0.3 is 4.98 Å². The number of hydrogen-bond acceptors (Lipinski definition) is 4. The number of aryl methyl sites for hydroxylation is 2. The second kappa shape index (κ2) is 4.91. The van der Waals surface area contributed by atoms with E-state index in [-0.39, 0.29) is 5.56 Å². The zero-order valence-electron chi connectivity index (χ0n) is 12.7. The van der Waals surface area contributed by atoms with Crippen LogP contribution in [-0.4, -0.2) is 29.5 Å². The molecule has 0 saturated heterocycles. The molecule has 0 saturated carbocycles. The van der Waals surface area contributed by atoms with Gasteiger partial charge in [0.1, 0.15) is 11.1 Å². The van der Waals surface area contributed by atoms with E-state index < -0.39 is 0 Å². The van der Waals surface area contributed by atoms with Crippen LogP contribution in [0.3, 0.4) is 0 Å². The Balaban J connectivity index is 1.91. The Morgan fingerprint density at radius 3 is 2.70 bits per heavy atom. The molecule has 0 radical (unpaired) electrons. The molecule has 1 aromatic carbocycles. The standard InChI is InChI=1S/C16H14N6O/c1-10-5-3-4-6-13(10)22-9-11-14(20-22)17-15(18-16(11)23)12-7-8-21(2)19-12/h3-9H,1-2H3,(H,17,18,20,23). The Bertz CT molecular complexity index is 1070. The molecule has 0 fully saturated rings. The summed E-state index contributed by atoms with van der Waals surface area (Å²) in [5.41, 5.74) is 2.77. The molecule has 0 amide bonds. The van der Waals surface area contributed by atoms with Gasteiger partial charge in [-0.25, -0.2) is 9.67 Å². The minimum atomic E-state index is -0.226. The largest absolute Gasteiger partial charge is 0.304 e. The number of fused-ring (bicyclic) bond motifs is 1. The molecule has 1 N–H and O–H groups in total. The van der Waals surface area contributed by atoms with Gasteiger partial charge in [0.15, 0.2) is 11.5 Å². The lowest BCUT2D eigenvalue weighted by Crippen LogP contribution is -2.08. The Morgan fingerprint density at radius 2 is 1.96 bits per heavy atom. The van der Waals surface area contributed by atoms with E-state index in [1.54, 1.807) is 27.8 Å². The van der Waals surface area contributed by atoms with Crippen LogP contribution >= 0.6 is 0 Å². The molecule has 23 heavy (non-hydrogen) atoms. The molecule has 4 rings (SSSR count). The van der Waals surface area contributed by atoms with Crippen molar-refractivity contribution in [2.24, 2.45) is 7.05 Å². The first-order valence-corrected chi connectivity index (χ1v) is 7.17. The Kier molecular flexibility index (Phi) is 2.87. The van der Waals surface area contributed by atoms with Gasteiger partial charge in [0.2, 0.25) is 0 Å². The van der Waals surface area contributed by atoms with E-state index in [4.69, 9.17) is 0 Å². The maximum Gasteiger partial charge on any atom is 0.262 e. The average Bonchev–Trinajstić information content (AvgIpc) is 3.14. The maximum atomic E-state index is 12.3. The lowest BCUT2D eigenvalue weighted by molar-refractivity contribution is 0.768. The highest BCUT2D eigenvalue weighted by Gasteiger charge is 2.12. The van der Waals surface area contributed by atoms with Crippen LogP contribution in [0.15, 0.2) is 47.5 Å². The lowest BCUT2D eigenvalue weighted by Gasteiger charge is -2.03. The quantitative estimate of drug-likeness (QED) is 0.612. The summed E-state index contributed by atoms with van der Waals surface area (Å²) in [4.78, 5) is 19.5. The summed E-state index contributed by atoms with van der Waals surface area (Å²) in [5, 5.41) is 9.16. The molecule has 4 aromatic rings. The summed E-state index contributed by atoms with van der Waals surface area (Å²) in [6.07, 6.45) is 3.50. The van der Waals surface area contributed by atoms with E-state index in [0.717, 1.165) is 11.3 Å². The summed E-state index contributed by atoms with van der Waals surface area (Å²) in [5.74, 6) is 0.415. The highest BCUT2D eigenvalue weighted by atomic mass is 16.1. The summed E-state index contributed by atoms with van der Waals surface area (Å²) < 4.78 is 3.34. The summed E-state index contributed by atoms with van der Waals surface area (Å²) in [6, 6.07) is 9.65. The van der Waals surface area contributed by atoms with Gasteiger partial charge in [-0.2, -0.15) is 5.10 Å². The zero-order chi connectivity index (χ0) is 16.0. The van der Waals surface area contributed by atoms with Crippen molar-refractivity contribution in [3.8, 4) is 17.2 Å². The molecule has 0 bridgehead atoms. The number of aromatic amines is 1. The van der Waals surface area contributed by atoms with Crippen molar-refractivity contribution in [1.29, 1.82) is 0 Å². The number of rotatable bonds is 2. The van der Waals surface area contributed by atoms with Gasteiger partial charge in [-0.1, -0.05) is 18.2 Å². The third-order valence-corrected chi connectivity index (χ3v) is 3.71.